The summed E-state index contributed by atoms with van der Waals surface area (Å²) in [6.07, 6.45) is 1.31. The van der Waals surface area contributed by atoms with Gasteiger partial charge >= 0.3 is 0 Å². The number of nitriles is 1. The number of hydrogen-bond donors (Lipinski definition) is 3. The highest BCUT2D eigenvalue weighted by atomic mass is 32.2. The Morgan fingerprint density at radius 3 is 2.93 bits per heavy atom. The van der Waals surface area contributed by atoms with E-state index in [9.17, 15) is 18.3 Å². The normalized spacial score (nSPS) is 18.5. The Kier molecular flexibility index (Phi) is 5.48. The molecule has 0 spiro atoms. The number of nitrogens with zero attached hydrogens (tertiary/aromatic N) is 2. The molecule has 29 heavy (non-hydrogen) atoms. The van der Waals surface area contributed by atoms with Gasteiger partial charge in [-0.15, -0.1) is 6.58 Å². The molecule has 2 heterocycles. The van der Waals surface area contributed by atoms with Gasteiger partial charge in [-0.3, -0.25) is 4.79 Å². The first-order valence-corrected chi connectivity index (χ1v) is 10.1. The van der Waals surface area contributed by atoms with Crippen molar-refractivity contribution in [2.45, 2.75) is 24.0 Å². The van der Waals surface area contributed by atoms with Crippen LogP contribution in [0.15, 0.2) is 41.9 Å². The Morgan fingerprint density at radius 1 is 1.55 bits per heavy atom. The molecule has 0 radical (unpaired) electrons. The smallest absolute Gasteiger partial charge is 0.276 e. The third-order valence-electron chi connectivity index (χ3n) is 4.59. The molecule has 0 fully saturated rings. The Balaban J connectivity index is 1.97. The standard InChI is InChI=1S/C19H20N4O5S/c1-4-15(24)14-10-28-18-16(29(26,27)22-14)9-23(3)17(18)19(25)21-13-6-5-11(2)12(7-13)8-20/h4-7,9,14-15,22,24H,1,10H2,2-3H3,(H,21,25)/t14-,15+/m0/s1. The number of aryl methyl sites for hydroxylation is 2. The average molecular weight is 416 g/mol. The van der Waals surface area contributed by atoms with Gasteiger partial charge in [-0.2, -0.15) is 5.26 Å². The molecule has 0 aliphatic carbocycles. The molecule has 1 aromatic carbocycles. The summed E-state index contributed by atoms with van der Waals surface area (Å²) in [6, 6.07) is 5.98. The maximum Gasteiger partial charge on any atom is 0.276 e. The first-order valence-electron chi connectivity index (χ1n) is 8.65. The van der Waals surface area contributed by atoms with Crippen LogP contribution in [0.3, 0.4) is 0 Å². The largest absolute Gasteiger partial charge is 0.488 e. The molecule has 1 amide bonds. The zero-order valence-electron chi connectivity index (χ0n) is 15.8. The maximum atomic E-state index is 12.9. The SMILES string of the molecule is C=C[C@@H](O)[C@@H]1COc2c(cn(C)c2C(=O)Nc2ccc(C)c(C#N)c2)S(=O)(=O)N1. The zero-order chi connectivity index (χ0) is 21.3. The van der Waals surface area contributed by atoms with Gasteiger partial charge in [0.25, 0.3) is 5.91 Å². The van der Waals surface area contributed by atoms with Crippen molar-refractivity contribution >= 4 is 21.6 Å². The van der Waals surface area contributed by atoms with E-state index >= 15 is 0 Å². The number of aliphatic hydroxyl groups is 1. The number of carbonyl (C=O) groups is 1. The van der Waals surface area contributed by atoms with Gasteiger partial charge in [0.1, 0.15) is 11.5 Å². The second kappa shape index (κ2) is 7.71. The van der Waals surface area contributed by atoms with Crippen LogP contribution in [-0.4, -0.2) is 42.8 Å². The van der Waals surface area contributed by atoms with Gasteiger partial charge in [-0.05, 0) is 24.6 Å². The molecule has 0 saturated carbocycles. The first-order chi connectivity index (χ1) is 13.7. The van der Waals surface area contributed by atoms with Crippen molar-refractivity contribution in [3.05, 3.63) is 53.9 Å². The van der Waals surface area contributed by atoms with Crippen LogP contribution in [0.25, 0.3) is 0 Å². The minimum Gasteiger partial charge on any atom is -0.488 e. The van der Waals surface area contributed by atoms with Crippen LogP contribution < -0.4 is 14.8 Å². The van der Waals surface area contributed by atoms with E-state index < -0.39 is 28.1 Å². The predicted molar refractivity (Wildman–Crippen MR) is 105 cm³/mol. The first kappa shape index (κ1) is 20.6. The van der Waals surface area contributed by atoms with Crippen LogP contribution in [0.5, 0.6) is 5.75 Å². The third kappa shape index (κ3) is 3.88. The molecule has 0 unspecified atom stereocenters. The lowest BCUT2D eigenvalue weighted by Crippen LogP contribution is -2.44. The summed E-state index contributed by atoms with van der Waals surface area (Å²) < 4.78 is 34.7. The predicted octanol–water partition coefficient (Wildman–Crippen LogP) is 1.04. The Labute approximate surface area is 168 Å². The van der Waals surface area contributed by atoms with Crippen molar-refractivity contribution in [1.82, 2.24) is 9.29 Å². The summed E-state index contributed by atoms with van der Waals surface area (Å²) in [4.78, 5) is 12.7. The second-order valence-electron chi connectivity index (χ2n) is 6.64. The van der Waals surface area contributed by atoms with Crippen LogP contribution in [-0.2, 0) is 17.1 Å². The molecule has 2 aromatic rings. The maximum absolute atomic E-state index is 12.9. The van der Waals surface area contributed by atoms with Gasteiger partial charge < -0.3 is 19.7 Å². The molecule has 152 valence electrons. The van der Waals surface area contributed by atoms with Gasteiger partial charge in [0.2, 0.25) is 10.0 Å². The molecule has 1 aliphatic heterocycles. The van der Waals surface area contributed by atoms with Gasteiger partial charge in [0, 0.05) is 18.9 Å². The highest BCUT2D eigenvalue weighted by Gasteiger charge is 2.36. The minimum atomic E-state index is -4.03. The molecule has 9 nitrogen and oxygen atoms in total. The molecular weight excluding hydrogens is 396 g/mol. The summed E-state index contributed by atoms with van der Waals surface area (Å²) >= 11 is 0. The Hall–Kier alpha value is -3.13. The van der Waals surface area contributed by atoms with Crippen LogP contribution in [0.2, 0.25) is 0 Å². The molecule has 1 aliphatic rings. The Morgan fingerprint density at radius 2 is 2.28 bits per heavy atom. The van der Waals surface area contributed by atoms with Crippen molar-refractivity contribution in [3.8, 4) is 11.8 Å². The van der Waals surface area contributed by atoms with Gasteiger partial charge in [0.15, 0.2) is 11.4 Å². The monoisotopic (exact) mass is 416 g/mol. The van der Waals surface area contributed by atoms with Crippen LogP contribution in [0.4, 0.5) is 5.69 Å². The fourth-order valence-electron chi connectivity index (χ4n) is 2.98. The van der Waals surface area contributed by atoms with E-state index in [-0.39, 0.29) is 22.9 Å². The molecule has 2 atom stereocenters. The summed E-state index contributed by atoms with van der Waals surface area (Å²) in [5.74, 6) is -0.705. The quantitative estimate of drug-likeness (QED) is 0.638. The number of anilines is 1. The number of hydrogen-bond acceptors (Lipinski definition) is 6. The number of aliphatic hydroxyl groups excluding tert-OH is 1. The molecule has 0 bridgehead atoms. The summed E-state index contributed by atoms with van der Waals surface area (Å²) in [6.45, 7) is 5.04. The molecule has 1 aromatic heterocycles. The van der Waals surface area contributed by atoms with Gasteiger partial charge in [-0.25, -0.2) is 13.1 Å². The fourth-order valence-corrected chi connectivity index (χ4v) is 4.41. The van der Waals surface area contributed by atoms with Gasteiger partial charge in [-0.1, -0.05) is 12.1 Å². The lowest BCUT2D eigenvalue weighted by molar-refractivity contribution is 0.101. The van der Waals surface area contributed by atoms with Crippen molar-refractivity contribution in [2.75, 3.05) is 11.9 Å². The van der Waals surface area contributed by atoms with Crippen molar-refractivity contribution in [1.29, 1.82) is 5.26 Å². The molecular formula is C19H20N4O5S. The van der Waals surface area contributed by atoms with Gasteiger partial charge in [0.05, 0.1) is 23.8 Å². The summed E-state index contributed by atoms with van der Waals surface area (Å²) in [5, 5.41) is 21.7. The van der Waals surface area contributed by atoms with Crippen LogP contribution in [0.1, 0.15) is 21.6 Å². The highest BCUT2D eigenvalue weighted by Crippen LogP contribution is 2.33. The molecule has 10 heteroatoms. The van der Waals surface area contributed by atoms with Crippen molar-refractivity contribution in [3.63, 3.8) is 0 Å². The lowest BCUT2D eigenvalue weighted by atomic mass is 10.1. The van der Waals surface area contributed by atoms with Crippen molar-refractivity contribution in [2.24, 2.45) is 7.05 Å². The van der Waals surface area contributed by atoms with E-state index in [0.29, 0.717) is 11.3 Å². The summed E-state index contributed by atoms with van der Waals surface area (Å²) in [7, 11) is -2.51. The van der Waals surface area contributed by atoms with Crippen LogP contribution in [0, 0.1) is 18.3 Å². The van der Waals surface area contributed by atoms with E-state index in [1.54, 1.807) is 19.1 Å². The van der Waals surface area contributed by atoms with Crippen molar-refractivity contribution < 1.29 is 23.1 Å². The number of nitrogens with one attached hydrogen (secondary N) is 2. The van der Waals surface area contributed by atoms with E-state index in [0.717, 1.165) is 5.56 Å². The van der Waals surface area contributed by atoms with E-state index in [4.69, 9.17) is 10.00 Å². The van der Waals surface area contributed by atoms with E-state index in [2.05, 4.69) is 16.6 Å². The minimum absolute atomic E-state index is 0.00167. The average Bonchev–Trinajstić information content (AvgIpc) is 2.96. The Bertz CT molecular complexity index is 1130. The number of amides is 1. The number of sulfonamides is 1. The molecule has 0 saturated heterocycles. The number of fused-ring (bicyclic) bond motifs is 1. The number of ether oxygens (including phenoxy) is 1. The van der Waals surface area contributed by atoms with E-state index in [1.807, 2.05) is 6.07 Å². The zero-order valence-corrected chi connectivity index (χ0v) is 16.7. The van der Waals surface area contributed by atoms with E-state index in [1.165, 1.54) is 30.0 Å². The number of rotatable bonds is 4. The highest BCUT2D eigenvalue weighted by molar-refractivity contribution is 7.89. The topological polar surface area (TPSA) is 133 Å². The molecule has 3 rings (SSSR count). The number of benzene rings is 1. The summed E-state index contributed by atoms with van der Waals surface area (Å²) in [5.41, 5.74) is 1.57. The number of carbonyl (C=O) groups excluding carboxylic acids is 1. The lowest BCUT2D eigenvalue weighted by Gasteiger charge is -2.18. The fraction of sp³-hybridized carbons (Fsp3) is 0.263. The van der Waals surface area contributed by atoms with Crippen LogP contribution >= 0.6 is 0 Å². The second-order valence-corrected chi connectivity index (χ2v) is 8.33. The number of aromatic nitrogens is 1. The third-order valence-corrected chi connectivity index (χ3v) is 6.07. The molecule has 3 N–H and O–H groups in total.